The molecule has 0 saturated heterocycles. The van der Waals surface area contributed by atoms with Gasteiger partial charge in [0, 0.05) is 6.61 Å². The van der Waals surface area contributed by atoms with Gasteiger partial charge in [-0.1, -0.05) is 0 Å². The highest BCUT2D eigenvalue weighted by Crippen LogP contribution is 2.30. The van der Waals surface area contributed by atoms with E-state index in [0.717, 1.165) is 12.5 Å². The lowest BCUT2D eigenvalue weighted by Crippen LogP contribution is -2.34. The summed E-state index contributed by atoms with van der Waals surface area (Å²) in [4.78, 5) is 12.1. The van der Waals surface area contributed by atoms with E-state index in [4.69, 9.17) is 15.2 Å². The van der Waals surface area contributed by atoms with Crippen LogP contribution in [-0.4, -0.2) is 25.2 Å². The van der Waals surface area contributed by atoms with Gasteiger partial charge in [-0.2, -0.15) is 0 Å². The minimum Gasteiger partial charge on any atom is -0.493 e. The van der Waals surface area contributed by atoms with Gasteiger partial charge in [0.05, 0.1) is 12.2 Å². The third-order valence-corrected chi connectivity index (χ3v) is 2.84. The van der Waals surface area contributed by atoms with Crippen molar-refractivity contribution in [2.24, 2.45) is 5.73 Å². The van der Waals surface area contributed by atoms with Crippen LogP contribution in [0, 0.1) is 5.82 Å². The van der Waals surface area contributed by atoms with Gasteiger partial charge in [-0.05, 0) is 37.5 Å². The number of hydrogen-bond acceptors (Lipinski definition) is 4. The first-order chi connectivity index (χ1) is 8.63. The number of carbonyl (C=O) groups excluding carboxylic acids is 1. The molecule has 2 rings (SSSR count). The highest BCUT2D eigenvalue weighted by molar-refractivity contribution is 6.01. The summed E-state index contributed by atoms with van der Waals surface area (Å²) in [7, 11) is 0. The van der Waals surface area contributed by atoms with Crippen molar-refractivity contribution in [1.82, 2.24) is 0 Å². The Bertz CT molecular complexity index is 462. The first-order valence-electron chi connectivity index (χ1n) is 6.00. The van der Waals surface area contributed by atoms with Crippen LogP contribution in [0.25, 0.3) is 0 Å². The standard InChI is InChI=1S/C13H16FNO3/c1-2-17-13(15)11(16)10-7-9(14)6-8-4-3-5-18-12(8)10/h6-7,13H,2-5,15H2,1H3. The predicted molar refractivity (Wildman–Crippen MR) is 64.1 cm³/mol. The summed E-state index contributed by atoms with van der Waals surface area (Å²) in [6.07, 6.45) is 0.449. The molecule has 1 aromatic carbocycles. The second-order valence-electron chi connectivity index (χ2n) is 4.13. The fourth-order valence-electron chi connectivity index (χ4n) is 2.03. The molecule has 0 radical (unpaired) electrons. The zero-order valence-corrected chi connectivity index (χ0v) is 10.2. The van der Waals surface area contributed by atoms with Gasteiger partial charge >= 0.3 is 0 Å². The zero-order valence-electron chi connectivity index (χ0n) is 10.2. The van der Waals surface area contributed by atoms with Gasteiger partial charge in [-0.3, -0.25) is 10.5 Å². The molecule has 0 fully saturated rings. The number of rotatable bonds is 4. The molecule has 0 bridgehead atoms. The number of hydrogen-bond donors (Lipinski definition) is 1. The normalized spacial score (nSPS) is 15.7. The first kappa shape index (κ1) is 13.0. The SMILES string of the molecule is CCOC(N)C(=O)c1cc(F)cc2c1OCCC2. The molecule has 1 aliphatic rings. The smallest absolute Gasteiger partial charge is 0.209 e. The Morgan fingerprint density at radius 1 is 1.61 bits per heavy atom. The van der Waals surface area contributed by atoms with E-state index in [1.807, 2.05) is 0 Å². The van der Waals surface area contributed by atoms with Crippen molar-refractivity contribution in [3.05, 3.63) is 29.1 Å². The third-order valence-electron chi connectivity index (χ3n) is 2.84. The van der Waals surface area contributed by atoms with Crippen LogP contribution in [-0.2, 0) is 11.2 Å². The molecular formula is C13H16FNO3. The van der Waals surface area contributed by atoms with Crippen LogP contribution in [0.3, 0.4) is 0 Å². The summed E-state index contributed by atoms with van der Waals surface area (Å²) >= 11 is 0. The Labute approximate surface area is 105 Å². The van der Waals surface area contributed by atoms with E-state index in [1.165, 1.54) is 6.07 Å². The summed E-state index contributed by atoms with van der Waals surface area (Å²) in [5.74, 6) is -0.455. The Kier molecular flexibility index (Phi) is 3.93. The lowest BCUT2D eigenvalue weighted by molar-refractivity contribution is 0.0475. The summed E-state index contributed by atoms with van der Waals surface area (Å²) < 4.78 is 24.0. The second-order valence-corrected chi connectivity index (χ2v) is 4.13. The minimum absolute atomic E-state index is 0.172. The van der Waals surface area contributed by atoms with Crippen molar-refractivity contribution in [2.75, 3.05) is 13.2 Å². The number of halogens is 1. The molecule has 1 unspecified atom stereocenters. The van der Waals surface area contributed by atoms with Gasteiger partial charge in [0.1, 0.15) is 11.6 Å². The van der Waals surface area contributed by atoms with Crippen LogP contribution >= 0.6 is 0 Å². The molecule has 0 spiro atoms. The van der Waals surface area contributed by atoms with E-state index in [9.17, 15) is 9.18 Å². The molecule has 0 aliphatic carbocycles. The maximum atomic E-state index is 13.5. The lowest BCUT2D eigenvalue weighted by Gasteiger charge is -2.21. The van der Waals surface area contributed by atoms with E-state index in [0.29, 0.717) is 30.9 Å². The van der Waals surface area contributed by atoms with Gasteiger partial charge in [-0.15, -0.1) is 0 Å². The number of ether oxygens (including phenoxy) is 2. The monoisotopic (exact) mass is 253 g/mol. The summed E-state index contributed by atoms with van der Waals surface area (Å²) in [6.45, 7) is 2.60. The molecule has 0 saturated carbocycles. The van der Waals surface area contributed by atoms with Crippen LogP contribution in [0.4, 0.5) is 4.39 Å². The highest BCUT2D eigenvalue weighted by Gasteiger charge is 2.25. The molecule has 1 atom stereocenters. The van der Waals surface area contributed by atoms with Crippen molar-refractivity contribution < 1.29 is 18.7 Å². The van der Waals surface area contributed by atoms with Gasteiger partial charge in [0.2, 0.25) is 5.78 Å². The van der Waals surface area contributed by atoms with Crippen molar-refractivity contribution in [2.45, 2.75) is 26.0 Å². The first-order valence-corrected chi connectivity index (χ1v) is 6.00. The molecule has 2 N–H and O–H groups in total. The Balaban J connectivity index is 2.37. The Morgan fingerprint density at radius 2 is 2.39 bits per heavy atom. The van der Waals surface area contributed by atoms with Gasteiger partial charge in [-0.25, -0.2) is 4.39 Å². The Morgan fingerprint density at radius 3 is 3.11 bits per heavy atom. The second kappa shape index (κ2) is 5.46. The van der Waals surface area contributed by atoms with Gasteiger partial charge in [0.15, 0.2) is 6.23 Å². The molecule has 4 nitrogen and oxygen atoms in total. The molecule has 0 amide bonds. The van der Waals surface area contributed by atoms with Gasteiger partial charge in [0.25, 0.3) is 0 Å². The molecule has 0 aromatic heterocycles. The van der Waals surface area contributed by atoms with Crippen molar-refractivity contribution in [3.63, 3.8) is 0 Å². The summed E-state index contributed by atoms with van der Waals surface area (Å²) in [5, 5.41) is 0. The maximum Gasteiger partial charge on any atom is 0.209 e. The summed E-state index contributed by atoms with van der Waals surface area (Å²) in [5.41, 5.74) is 6.48. The minimum atomic E-state index is -1.08. The van der Waals surface area contributed by atoms with E-state index in [2.05, 4.69) is 0 Å². The molecule has 18 heavy (non-hydrogen) atoms. The maximum absolute atomic E-state index is 13.5. The van der Waals surface area contributed by atoms with Crippen LogP contribution in [0.5, 0.6) is 5.75 Å². The van der Waals surface area contributed by atoms with Crippen LogP contribution in [0.1, 0.15) is 29.3 Å². The largest absolute Gasteiger partial charge is 0.493 e. The number of aryl methyl sites for hydroxylation is 1. The van der Waals surface area contributed by atoms with Crippen molar-refractivity contribution in [1.29, 1.82) is 0 Å². The number of nitrogens with two attached hydrogens (primary N) is 1. The average Bonchev–Trinajstić information content (AvgIpc) is 2.37. The van der Waals surface area contributed by atoms with E-state index in [1.54, 1.807) is 6.92 Å². The van der Waals surface area contributed by atoms with Crippen LogP contribution in [0.15, 0.2) is 12.1 Å². The number of fused-ring (bicyclic) bond motifs is 1. The molecular weight excluding hydrogens is 237 g/mol. The van der Waals surface area contributed by atoms with Crippen LogP contribution in [0.2, 0.25) is 0 Å². The third kappa shape index (κ3) is 2.52. The number of benzene rings is 1. The average molecular weight is 253 g/mol. The zero-order chi connectivity index (χ0) is 13.1. The number of ketones is 1. The molecule has 98 valence electrons. The fraction of sp³-hybridized carbons (Fsp3) is 0.462. The topological polar surface area (TPSA) is 61.5 Å². The fourth-order valence-corrected chi connectivity index (χ4v) is 2.03. The Hall–Kier alpha value is -1.46. The van der Waals surface area contributed by atoms with E-state index >= 15 is 0 Å². The van der Waals surface area contributed by atoms with Crippen LogP contribution < -0.4 is 10.5 Å². The molecule has 1 aromatic rings. The quantitative estimate of drug-likeness (QED) is 0.654. The number of carbonyl (C=O) groups is 1. The van der Waals surface area contributed by atoms with E-state index in [-0.39, 0.29) is 5.56 Å². The number of Topliss-reactive ketones (excluding diaryl/α,β-unsaturated/α-hetero) is 1. The van der Waals surface area contributed by atoms with Crippen molar-refractivity contribution >= 4 is 5.78 Å². The van der Waals surface area contributed by atoms with Gasteiger partial charge < -0.3 is 9.47 Å². The molecule has 1 heterocycles. The van der Waals surface area contributed by atoms with Crippen molar-refractivity contribution in [3.8, 4) is 5.75 Å². The molecule has 5 heteroatoms. The lowest BCUT2D eigenvalue weighted by atomic mass is 9.99. The molecule has 1 aliphatic heterocycles. The predicted octanol–water partition coefficient (Wildman–Crippen LogP) is 1.65. The highest BCUT2D eigenvalue weighted by atomic mass is 19.1. The summed E-state index contributed by atoms with van der Waals surface area (Å²) in [6, 6.07) is 2.56. The van der Waals surface area contributed by atoms with E-state index < -0.39 is 17.8 Å².